The Balaban J connectivity index is 1.48. The first kappa shape index (κ1) is 19.5. The van der Waals surface area contributed by atoms with Crippen LogP contribution in [0.1, 0.15) is 52.7 Å². The van der Waals surface area contributed by atoms with Crippen LogP contribution in [0.5, 0.6) is 0 Å². The Kier molecular flexibility index (Phi) is 5.33. The molecule has 10 heteroatoms. The van der Waals surface area contributed by atoms with Gasteiger partial charge in [-0.15, -0.1) is 5.10 Å². The lowest BCUT2D eigenvalue weighted by Crippen LogP contribution is -2.38. The van der Waals surface area contributed by atoms with Crippen molar-refractivity contribution in [2.45, 2.75) is 58.4 Å². The van der Waals surface area contributed by atoms with Crippen LogP contribution in [0.3, 0.4) is 0 Å². The summed E-state index contributed by atoms with van der Waals surface area (Å²) in [5.41, 5.74) is 1.56. The third-order valence-electron chi connectivity index (χ3n) is 5.81. The summed E-state index contributed by atoms with van der Waals surface area (Å²) < 4.78 is 17.5. The molecule has 2 fully saturated rings. The van der Waals surface area contributed by atoms with Crippen molar-refractivity contribution in [3.05, 3.63) is 29.3 Å². The van der Waals surface area contributed by atoms with E-state index in [1.54, 1.807) is 26.9 Å². The Labute approximate surface area is 168 Å². The number of alkyl halides is 1. The van der Waals surface area contributed by atoms with Crippen LogP contribution in [0.15, 0.2) is 12.4 Å². The molecule has 0 aliphatic carbocycles. The zero-order valence-corrected chi connectivity index (χ0v) is 16.8. The van der Waals surface area contributed by atoms with Crippen molar-refractivity contribution < 1.29 is 14.0 Å². The molecule has 2 aromatic rings. The van der Waals surface area contributed by atoms with Crippen LogP contribution in [0, 0.1) is 6.92 Å². The normalized spacial score (nSPS) is 21.9. The maximum atomic E-state index is 14.2. The monoisotopic (exact) mass is 403 g/mol. The Morgan fingerprint density at radius 2 is 2.00 bits per heavy atom. The first-order valence-corrected chi connectivity index (χ1v) is 10.1. The standard InChI is InChI=1S/C19H26FN7O2/c1-3-27-13(2)16(9-21-27)18(28)26-10-14(20)8-15(26)11-25-12-17(22-23-25)19(29)24-6-4-5-7-24/h9,12,14-15H,3-8,10-11H2,1-2H3/t14-,15-/m0/s1. The molecule has 0 spiro atoms. The average Bonchev–Trinajstić information content (AvgIpc) is 3.48. The van der Waals surface area contributed by atoms with Gasteiger partial charge >= 0.3 is 0 Å². The molecule has 2 atom stereocenters. The largest absolute Gasteiger partial charge is 0.337 e. The van der Waals surface area contributed by atoms with Gasteiger partial charge in [-0.2, -0.15) is 5.10 Å². The van der Waals surface area contributed by atoms with Crippen molar-refractivity contribution in [3.63, 3.8) is 0 Å². The van der Waals surface area contributed by atoms with Crippen LogP contribution in [-0.2, 0) is 13.1 Å². The Bertz CT molecular complexity index is 902. The highest BCUT2D eigenvalue weighted by Gasteiger charge is 2.37. The third kappa shape index (κ3) is 3.75. The van der Waals surface area contributed by atoms with Gasteiger partial charge in [-0.1, -0.05) is 5.21 Å². The minimum absolute atomic E-state index is 0.0501. The van der Waals surface area contributed by atoms with E-state index in [1.165, 1.54) is 4.68 Å². The van der Waals surface area contributed by atoms with Crippen LogP contribution in [0.25, 0.3) is 0 Å². The summed E-state index contributed by atoms with van der Waals surface area (Å²) in [7, 11) is 0. The topological polar surface area (TPSA) is 89.2 Å². The van der Waals surface area contributed by atoms with Crippen LogP contribution in [0.2, 0.25) is 0 Å². The predicted molar refractivity (Wildman–Crippen MR) is 102 cm³/mol. The number of hydrogen-bond donors (Lipinski definition) is 0. The molecule has 4 rings (SSSR count). The summed E-state index contributed by atoms with van der Waals surface area (Å²) in [6.45, 7) is 6.30. The van der Waals surface area contributed by atoms with Crippen LogP contribution >= 0.6 is 0 Å². The molecule has 9 nitrogen and oxygen atoms in total. The molecule has 2 aromatic heterocycles. The van der Waals surface area contributed by atoms with E-state index in [0.29, 0.717) is 24.3 Å². The summed E-state index contributed by atoms with van der Waals surface area (Å²) in [6.07, 6.45) is 4.30. The van der Waals surface area contributed by atoms with Crippen molar-refractivity contribution in [1.82, 2.24) is 34.6 Å². The number of rotatable bonds is 5. The SMILES string of the molecule is CCn1ncc(C(=O)N2C[C@@H](F)C[C@H]2Cn2cc(C(=O)N3CCCC3)nn2)c1C. The number of nitrogens with zero attached hydrogens (tertiary/aromatic N) is 7. The molecular weight excluding hydrogens is 377 g/mol. The molecule has 29 heavy (non-hydrogen) atoms. The molecule has 0 bridgehead atoms. The van der Waals surface area contributed by atoms with Crippen LogP contribution < -0.4 is 0 Å². The lowest BCUT2D eigenvalue weighted by atomic mass is 10.2. The number of hydrogen-bond acceptors (Lipinski definition) is 5. The highest BCUT2D eigenvalue weighted by molar-refractivity contribution is 5.95. The molecule has 2 amide bonds. The number of carbonyl (C=O) groups excluding carboxylic acids is 2. The Hall–Kier alpha value is -2.78. The fraction of sp³-hybridized carbons (Fsp3) is 0.632. The summed E-state index contributed by atoms with van der Waals surface area (Å²) in [6, 6.07) is -0.349. The summed E-state index contributed by atoms with van der Waals surface area (Å²) in [5, 5.41) is 12.3. The molecule has 0 unspecified atom stereocenters. The minimum atomic E-state index is -1.08. The summed E-state index contributed by atoms with van der Waals surface area (Å²) in [4.78, 5) is 28.8. The van der Waals surface area contributed by atoms with Crippen LogP contribution in [0.4, 0.5) is 4.39 Å². The van der Waals surface area contributed by atoms with Gasteiger partial charge in [0.1, 0.15) is 6.17 Å². The minimum Gasteiger partial charge on any atom is -0.337 e. The van der Waals surface area contributed by atoms with E-state index in [2.05, 4.69) is 15.4 Å². The molecule has 0 N–H and O–H groups in total. The first-order valence-electron chi connectivity index (χ1n) is 10.1. The van der Waals surface area contributed by atoms with Gasteiger partial charge in [0.25, 0.3) is 11.8 Å². The van der Waals surface area contributed by atoms with E-state index in [-0.39, 0.29) is 30.8 Å². The smallest absolute Gasteiger partial charge is 0.276 e. The quantitative estimate of drug-likeness (QED) is 0.751. The number of aromatic nitrogens is 5. The van der Waals surface area contributed by atoms with Crippen molar-refractivity contribution in [1.29, 1.82) is 0 Å². The van der Waals surface area contributed by atoms with Crippen LogP contribution in [-0.4, -0.2) is 78.2 Å². The zero-order valence-electron chi connectivity index (χ0n) is 16.8. The van der Waals surface area contributed by atoms with Crippen molar-refractivity contribution in [3.8, 4) is 0 Å². The maximum Gasteiger partial charge on any atom is 0.276 e. The molecule has 0 radical (unpaired) electrons. The molecule has 2 saturated heterocycles. The van der Waals surface area contributed by atoms with E-state index in [9.17, 15) is 14.0 Å². The number of aryl methyl sites for hydroxylation is 1. The molecule has 2 aliphatic rings. The van der Waals surface area contributed by atoms with Crippen molar-refractivity contribution in [2.24, 2.45) is 0 Å². The fourth-order valence-electron chi connectivity index (χ4n) is 4.20. The number of carbonyl (C=O) groups is 2. The molecule has 0 aromatic carbocycles. The van der Waals surface area contributed by atoms with E-state index in [4.69, 9.17) is 0 Å². The van der Waals surface area contributed by atoms with Gasteiger partial charge in [-0.05, 0) is 26.7 Å². The predicted octanol–water partition coefficient (Wildman–Crippen LogP) is 1.29. The number of likely N-dealkylation sites (tertiary alicyclic amines) is 2. The summed E-state index contributed by atoms with van der Waals surface area (Å²) in [5.74, 6) is -0.347. The molecule has 4 heterocycles. The molecule has 156 valence electrons. The molecule has 2 aliphatic heterocycles. The lowest BCUT2D eigenvalue weighted by molar-refractivity contribution is 0.0712. The van der Waals surface area contributed by atoms with E-state index in [0.717, 1.165) is 31.6 Å². The van der Waals surface area contributed by atoms with Gasteiger partial charge in [0.05, 0.1) is 37.1 Å². The van der Waals surface area contributed by atoms with Gasteiger partial charge in [0.2, 0.25) is 0 Å². The number of halogens is 1. The van der Waals surface area contributed by atoms with E-state index in [1.807, 2.05) is 13.8 Å². The van der Waals surface area contributed by atoms with Gasteiger partial charge in [-0.3, -0.25) is 14.3 Å². The van der Waals surface area contributed by atoms with Gasteiger partial charge < -0.3 is 9.80 Å². The van der Waals surface area contributed by atoms with Gasteiger partial charge in [0, 0.05) is 31.7 Å². The van der Waals surface area contributed by atoms with E-state index >= 15 is 0 Å². The fourth-order valence-corrected chi connectivity index (χ4v) is 4.20. The molecular formula is C19H26FN7O2. The Morgan fingerprint density at radius 3 is 2.69 bits per heavy atom. The Morgan fingerprint density at radius 1 is 1.24 bits per heavy atom. The van der Waals surface area contributed by atoms with Crippen molar-refractivity contribution in [2.75, 3.05) is 19.6 Å². The van der Waals surface area contributed by atoms with Crippen molar-refractivity contribution >= 4 is 11.8 Å². The second kappa shape index (κ2) is 7.92. The van der Waals surface area contributed by atoms with Gasteiger partial charge in [-0.25, -0.2) is 9.07 Å². The maximum absolute atomic E-state index is 14.2. The average molecular weight is 403 g/mol. The summed E-state index contributed by atoms with van der Waals surface area (Å²) >= 11 is 0. The zero-order chi connectivity index (χ0) is 20.5. The first-order chi connectivity index (χ1) is 14.0. The molecule has 0 saturated carbocycles. The van der Waals surface area contributed by atoms with E-state index < -0.39 is 6.17 Å². The highest BCUT2D eigenvalue weighted by atomic mass is 19.1. The lowest BCUT2D eigenvalue weighted by Gasteiger charge is -2.24. The second-order valence-electron chi connectivity index (χ2n) is 7.73. The third-order valence-corrected chi connectivity index (χ3v) is 5.81. The highest BCUT2D eigenvalue weighted by Crippen LogP contribution is 2.25. The number of amides is 2. The second-order valence-corrected chi connectivity index (χ2v) is 7.73. The van der Waals surface area contributed by atoms with Gasteiger partial charge in [0.15, 0.2) is 5.69 Å².